The Morgan fingerprint density at radius 3 is 2.41 bits per heavy atom. The molecule has 22 heavy (non-hydrogen) atoms. The fraction of sp³-hybridized carbons (Fsp3) is 0. The summed E-state index contributed by atoms with van der Waals surface area (Å²) in [6.45, 7) is 0. The van der Waals surface area contributed by atoms with Crippen LogP contribution in [0.4, 0.5) is 15.9 Å². The summed E-state index contributed by atoms with van der Waals surface area (Å²) in [5.74, 6) is 0.299. The molecule has 1 aromatic heterocycles. The summed E-state index contributed by atoms with van der Waals surface area (Å²) in [4.78, 5) is 4.08. The van der Waals surface area contributed by atoms with E-state index < -0.39 is 5.82 Å². The van der Waals surface area contributed by atoms with Crippen molar-refractivity contribution in [2.45, 2.75) is 0 Å². The number of aromatic nitrogens is 1. The van der Waals surface area contributed by atoms with Crippen LogP contribution in [0.5, 0.6) is 11.5 Å². The first kappa shape index (κ1) is 13.9. The number of nitrogens with zero attached hydrogens (tertiary/aromatic N) is 1. The van der Waals surface area contributed by atoms with Crippen molar-refractivity contribution in [3.05, 3.63) is 66.6 Å². The van der Waals surface area contributed by atoms with Crippen molar-refractivity contribution in [3.63, 3.8) is 0 Å². The summed E-state index contributed by atoms with van der Waals surface area (Å²) < 4.78 is 19.6. The Labute approximate surface area is 127 Å². The Balaban J connectivity index is 2.06. The van der Waals surface area contributed by atoms with Crippen LogP contribution in [-0.4, -0.2) is 4.98 Å². The fourth-order valence-corrected chi connectivity index (χ4v) is 2.16. The quantitative estimate of drug-likeness (QED) is 0.720. The molecule has 0 saturated heterocycles. The van der Waals surface area contributed by atoms with Crippen molar-refractivity contribution in [1.29, 1.82) is 0 Å². The van der Waals surface area contributed by atoms with Gasteiger partial charge in [0, 0.05) is 18.0 Å². The topological polar surface area (TPSA) is 74.2 Å². The van der Waals surface area contributed by atoms with Crippen LogP contribution in [0.25, 0.3) is 11.1 Å². The van der Waals surface area contributed by atoms with Crippen molar-refractivity contribution in [3.8, 4) is 22.6 Å². The molecule has 0 fully saturated rings. The normalized spacial score (nSPS) is 10.4. The largest absolute Gasteiger partial charge is 0.453 e. The molecule has 0 radical (unpaired) electrons. The Hall–Kier alpha value is -3.08. The van der Waals surface area contributed by atoms with E-state index in [0.29, 0.717) is 22.8 Å². The van der Waals surface area contributed by atoms with Crippen LogP contribution in [-0.2, 0) is 0 Å². The average molecular weight is 295 g/mol. The van der Waals surface area contributed by atoms with E-state index in [1.807, 2.05) is 30.3 Å². The third kappa shape index (κ3) is 2.69. The van der Waals surface area contributed by atoms with Crippen molar-refractivity contribution in [2.24, 2.45) is 0 Å². The molecule has 0 spiro atoms. The van der Waals surface area contributed by atoms with Crippen molar-refractivity contribution < 1.29 is 9.13 Å². The number of nitrogen functional groups attached to an aromatic ring is 2. The molecule has 3 rings (SSSR count). The van der Waals surface area contributed by atoms with E-state index in [2.05, 4.69) is 4.98 Å². The van der Waals surface area contributed by atoms with Gasteiger partial charge in [-0.1, -0.05) is 30.3 Å². The maximum Gasteiger partial charge on any atom is 0.167 e. The predicted molar refractivity (Wildman–Crippen MR) is 85.0 cm³/mol. The summed E-state index contributed by atoms with van der Waals surface area (Å²) in [6.07, 6.45) is 1.52. The lowest BCUT2D eigenvalue weighted by atomic mass is 10.1. The summed E-state index contributed by atoms with van der Waals surface area (Å²) >= 11 is 0. The van der Waals surface area contributed by atoms with Gasteiger partial charge in [-0.2, -0.15) is 0 Å². The third-order valence-electron chi connectivity index (χ3n) is 3.18. The van der Waals surface area contributed by atoms with E-state index in [0.717, 1.165) is 5.56 Å². The van der Waals surface area contributed by atoms with Gasteiger partial charge in [0.15, 0.2) is 11.6 Å². The molecule has 0 aliphatic rings. The highest BCUT2D eigenvalue weighted by atomic mass is 19.1. The first-order valence-corrected chi connectivity index (χ1v) is 6.68. The average Bonchev–Trinajstić information content (AvgIpc) is 2.51. The van der Waals surface area contributed by atoms with Crippen LogP contribution < -0.4 is 16.2 Å². The van der Waals surface area contributed by atoms with Gasteiger partial charge in [-0.05, 0) is 23.8 Å². The first-order valence-electron chi connectivity index (χ1n) is 6.68. The minimum Gasteiger partial charge on any atom is -0.453 e. The molecule has 0 atom stereocenters. The highest BCUT2D eigenvalue weighted by Gasteiger charge is 2.13. The van der Waals surface area contributed by atoms with E-state index in [4.69, 9.17) is 16.2 Å². The standard InChI is InChI=1S/C17H14FN3O/c18-13-10-12(19)6-7-14(13)22-15-8-9-21-17(20)16(15)11-4-2-1-3-5-11/h1-10H,19H2,(H2,20,21). The fourth-order valence-electron chi connectivity index (χ4n) is 2.16. The molecule has 0 saturated carbocycles. The highest BCUT2D eigenvalue weighted by Crippen LogP contribution is 2.37. The summed E-state index contributed by atoms with van der Waals surface area (Å²) in [5, 5.41) is 0. The second kappa shape index (κ2) is 5.73. The van der Waals surface area contributed by atoms with Crippen molar-refractivity contribution in [1.82, 2.24) is 4.98 Å². The van der Waals surface area contributed by atoms with E-state index in [9.17, 15) is 4.39 Å². The van der Waals surface area contributed by atoms with E-state index in [-0.39, 0.29) is 5.75 Å². The Kier molecular flexibility index (Phi) is 3.62. The number of nitrogens with two attached hydrogens (primary N) is 2. The molecule has 0 aliphatic carbocycles. The molecular weight excluding hydrogens is 281 g/mol. The molecule has 1 heterocycles. The van der Waals surface area contributed by atoms with Crippen LogP contribution in [0.3, 0.4) is 0 Å². The molecule has 0 unspecified atom stereocenters. The van der Waals surface area contributed by atoms with E-state index in [1.165, 1.54) is 18.3 Å². The zero-order chi connectivity index (χ0) is 15.5. The Morgan fingerprint density at radius 2 is 1.68 bits per heavy atom. The second-order valence-corrected chi connectivity index (χ2v) is 4.73. The third-order valence-corrected chi connectivity index (χ3v) is 3.18. The number of ether oxygens (including phenoxy) is 1. The molecule has 0 bridgehead atoms. The van der Waals surface area contributed by atoms with Gasteiger partial charge in [-0.25, -0.2) is 9.37 Å². The molecule has 4 N–H and O–H groups in total. The summed E-state index contributed by atoms with van der Waals surface area (Å²) in [5.41, 5.74) is 13.3. The van der Waals surface area contributed by atoms with Gasteiger partial charge in [-0.3, -0.25) is 0 Å². The molecule has 5 heteroatoms. The van der Waals surface area contributed by atoms with Crippen LogP contribution >= 0.6 is 0 Å². The summed E-state index contributed by atoms with van der Waals surface area (Å²) in [6, 6.07) is 15.4. The van der Waals surface area contributed by atoms with Crippen LogP contribution in [0.2, 0.25) is 0 Å². The number of hydrogen-bond acceptors (Lipinski definition) is 4. The number of pyridine rings is 1. The molecule has 3 aromatic rings. The Bertz CT molecular complexity index is 806. The van der Waals surface area contributed by atoms with Crippen molar-refractivity contribution >= 4 is 11.5 Å². The zero-order valence-corrected chi connectivity index (χ0v) is 11.7. The van der Waals surface area contributed by atoms with E-state index >= 15 is 0 Å². The lowest BCUT2D eigenvalue weighted by Gasteiger charge is -2.13. The number of benzene rings is 2. The minimum atomic E-state index is -0.533. The van der Waals surface area contributed by atoms with Gasteiger partial charge in [0.25, 0.3) is 0 Å². The van der Waals surface area contributed by atoms with Crippen LogP contribution in [0, 0.1) is 5.82 Å². The molecule has 2 aromatic carbocycles. The minimum absolute atomic E-state index is 0.0805. The van der Waals surface area contributed by atoms with Crippen LogP contribution in [0.15, 0.2) is 60.8 Å². The molecule has 0 aliphatic heterocycles. The van der Waals surface area contributed by atoms with E-state index in [1.54, 1.807) is 12.1 Å². The number of rotatable bonds is 3. The second-order valence-electron chi connectivity index (χ2n) is 4.73. The SMILES string of the molecule is Nc1ccc(Oc2ccnc(N)c2-c2ccccc2)c(F)c1. The highest BCUT2D eigenvalue weighted by molar-refractivity contribution is 5.79. The van der Waals surface area contributed by atoms with Gasteiger partial charge in [0.2, 0.25) is 0 Å². The maximum atomic E-state index is 13.9. The van der Waals surface area contributed by atoms with Gasteiger partial charge < -0.3 is 16.2 Å². The van der Waals surface area contributed by atoms with Gasteiger partial charge in [0.1, 0.15) is 11.6 Å². The van der Waals surface area contributed by atoms with Crippen molar-refractivity contribution in [2.75, 3.05) is 11.5 Å². The number of halogens is 1. The molecular formula is C17H14FN3O. The van der Waals surface area contributed by atoms with Gasteiger partial charge in [-0.15, -0.1) is 0 Å². The molecule has 0 amide bonds. The summed E-state index contributed by atoms with van der Waals surface area (Å²) in [7, 11) is 0. The molecule has 110 valence electrons. The Morgan fingerprint density at radius 1 is 0.909 bits per heavy atom. The van der Waals surface area contributed by atoms with Crippen LogP contribution in [0.1, 0.15) is 0 Å². The predicted octanol–water partition coefficient (Wildman–Crippen LogP) is 3.84. The smallest absolute Gasteiger partial charge is 0.167 e. The maximum absolute atomic E-state index is 13.9. The monoisotopic (exact) mass is 295 g/mol. The first-order chi connectivity index (χ1) is 10.6. The van der Waals surface area contributed by atoms with Gasteiger partial charge >= 0.3 is 0 Å². The molecule has 4 nitrogen and oxygen atoms in total. The number of anilines is 2. The van der Waals surface area contributed by atoms with Gasteiger partial charge in [0.05, 0.1) is 5.56 Å². The lowest BCUT2D eigenvalue weighted by molar-refractivity contribution is 0.443. The zero-order valence-electron chi connectivity index (χ0n) is 11.7. The number of hydrogen-bond donors (Lipinski definition) is 2. The lowest BCUT2D eigenvalue weighted by Crippen LogP contribution is -1.98.